The van der Waals surface area contributed by atoms with E-state index in [2.05, 4.69) is 15.0 Å². The van der Waals surface area contributed by atoms with Gasteiger partial charge >= 0.3 is 5.97 Å². The molecule has 0 radical (unpaired) electrons. The third kappa shape index (κ3) is 3.55. The Morgan fingerprint density at radius 2 is 2.07 bits per heavy atom. The van der Waals surface area contributed by atoms with E-state index in [0.717, 1.165) is 22.0 Å². The number of nitriles is 1. The summed E-state index contributed by atoms with van der Waals surface area (Å²) in [4.78, 5) is 41.1. The number of hydrogen-bond donors (Lipinski definition) is 2. The normalized spacial score (nSPS) is 15.8. The number of fused-ring (bicyclic) bond motifs is 1. The minimum Gasteiger partial charge on any atom is -0.466 e. The molecule has 2 aromatic heterocycles. The van der Waals surface area contributed by atoms with Crippen LogP contribution < -0.4 is 25.8 Å². The largest absolute Gasteiger partial charge is 0.466 e. The van der Waals surface area contributed by atoms with E-state index in [0.29, 0.717) is 5.56 Å². The Kier molecular flexibility index (Phi) is 6.35. The first-order valence-electron chi connectivity index (χ1n) is 8.02. The van der Waals surface area contributed by atoms with Gasteiger partial charge in [-0.2, -0.15) is 5.26 Å². The third-order valence-corrected chi connectivity index (χ3v) is 5.34. The topological polar surface area (TPSA) is 140 Å². The third-order valence-electron chi connectivity index (χ3n) is 4.23. The van der Waals surface area contributed by atoms with E-state index in [1.165, 1.54) is 26.6 Å². The van der Waals surface area contributed by atoms with E-state index in [1.807, 2.05) is 6.07 Å². The number of nitrogens with zero attached hydrogens (tertiary/aromatic N) is 3. The second kappa shape index (κ2) is 8.53. The minimum absolute atomic E-state index is 0. The van der Waals surface area contributed by atoms with Gasteiger partial charge < -0.3 is 15.8 Å². The van der Waals surface area contributed by atoms with Crippen LogP contribution in [0.3, 0.4) is 0 Å². The quantitative estimate of drug-likeness (QED) is 0.630. The number of methoxy groups -OCH3 is 1. The molecular formula is C19H19N5O4S. The Bertz CT molecular complexity index is 1220. The van der Waals surface area contributed by atoms with Gasteiger partial charge in [0.1, 0.15) is 15.0 Å². The van der Waals surface area contributed by atoms with Crippen molar-refractivity contribution in [3.05, 3.63) is 55.2 Å². The van der Waals surface area contributed by atoms with Crippen LogP contribution in [0.5, 0.6) is 0 Å². The van der Waals surface area contributed by atoms with Gasteiger partial charge in [0, 0.05) is 25.5 Å². The van der Waals surface area contributed by atoms with Crippen LogP contribution in [-0.2, 0) is 14.3 Å². The average Bonchev–Trinajstić information content (AvgIpc) is 3.03. The zero-order valence-electron chi connectivity index (χ0n) is 14.9. The molecule has 0 aliphatic carbocycles. The van der Waals surface area contributed by atoms with Crippen molar-refractivity contribution >= 4 is 40.7 Å². The van der Waals surface area contributed by atoms with Crippen LogP contribution in [0.1, 0.15) is 18.9 Å². The van der Waals surface area contributed by atoms with E-state index in [1.54, 1.807) is 12.1 Å². The van der Waals surface area contributed by atoms with Crippen molar-refractivity contribution in [3.63, 3.8) is 0 Å². The molecule has 10 heteroatoms. The summed E-state index contributed by atoms with van der Waals surface area (Å²) in [6, 6.07) is 5.35. The van der Waals surface area contributed by atoms with Gasteiger partial charge in [0.15, 0.2) is 0 Å². The van der Waals surface area contributed by atoms with Crippen LogP contribution in [0.15, 0.2) is 34.9 Å². The molecule has 29 heavy (non-hydrogen) atoms. The maximum Gasteiger partial charge on any atom is 0.332 e. The second-order valence-corrected chi connectivity index (χ2v) is 6.73. The molecule has 0 saturated carbocycles. The summed E-state index contributed by atoms with van der Waals surface area (Å²) in [5.74, 6) is -2.05. The average molecular weight is 413 g/mol. The van der Waals surface area contributed by atoms with Crippen molar-refractivity contribution in [2.45, 2.75) is 13.3 Å². The molecule has 3 heterocycles. The lowest BCUT2D eigenvalue weighted by Crippen LogP contribution is -2.41. The van der Waals surface area contributed by atoms with Gasteiger partial charge in [0.2, 0.25) is 0 Å². The number of rotatable bonds is 3. The van der Waals surface area contributed by atoms with Gasteiger partial charge in [-0.25, -0.2) is 4.79 Å². The molecular weight excluding hydrogens is 394 g/mol. The first-order valence-corrected chi connectivity index (χ1v) is 8.84. The number of thiazole rings is 1. The SMILES string of the molecule is C.CNC(=O)C1=c2s/c(=C\C(=O)OC)c(=O)n2C(N)=C(C#N)C1c1ccncc1. The second-order valence-electron chi connectivity index (χ2n) is 5.70. The molecule has 150 valence electrons. The fourth-order valence-electron chi connectivity index (χ4n) is 2.96. The van der Waals surface area contributed by atoms with Crippen molar-refractivity contribution in [1.29, 1.82) is 5.26 Å². The summed E-state index contributed by atoms with van der Waals surface area (Å²) in [6.45, 7) is 0. The molecule has 0 saturated heterocycles. The molecule has 1 unspecified atom stereocenters. The van der Waals surface area contributed by atoms with Crippen molar-refractivity contribution in [2.75, 3.05) is 14.2 Å². The maximum absolute atomic E-state index is 12.8. The summed E-state index contributed by atoms with van der Waals surface area (Å²) in [6.07, 6.45) is 4.10. The smallest absolute Gasteiger partial charge is 0.332 e. The first-order chi connectivity index (χ1) is 13.4. The molecule has 1 amide bonds. The first kappa shape index (κ1) is 21.6. The fourth-order valence-corrected chi connectivity index (χ4v) is 4.09. The fraction of sp³-hybridized carbons (Fsp3) is 0.211. The number of pyridine rings is 1. The standard InChI is InChI=1S/C18H15N5O4S.CH4/c1-21-16(25)14-13(9-3-5-22-6-4-9)10(8-19)15(20)23-17(26)11(28-18(14)23)7-12(24)27-2;/h3-7,13H,20H2,1-2H3,(H,21,25);1H4/b11-7-;. The number of nitrogens with one attached hydrogen (secondary N) is 1. The molecule has 0 spiro atoms. The van der Waals surface area contributed by atoms with E-state index in [9.17, 15) is 19.6 Å². The lowest BCUT2D eigenvalue weighted by molar-refractivity contribution is -0.133. The highest BCUT2D eigenvalue weighted by molar-refractivity contribution is 7.07. The molecule has 2 aromatic rings. The number of amides is 1. The molecule has 3 rings (SSSR count). The Morgan fingerprint density at radius 3 is 2.62 bits per heavy atom. The Labute approximate surface area is 170 Å². The van der Waals surface area contributed by atoms with E-state index >= 15 is 0 Å². The zero-order valence-corrected chi connectivity index (χ0v) is 15.7. The van der Waals surface area contributed by atoms with E-state index in [-0.39, 0.29) is 33.6 Å². The number of aromatic nitrogens is 2. The minimum atomic E-state index is -0.781. The van der Waals surface area contributed by atoms with Gasteiger partial charge in [0.05, 0.1) is 30.2 Å². The van der Waals surface area contributed by atoms with Gasteiger partial charge in [-0.1, -0.05) is 7.43 Å². The number of allylic oxidation sites excluding steroid dienone is 1. The molecule has 0 aromatic carbocycles. The number of hydrogen-bond acceptors (Lipinski definition) is 8. The zero-order chi connectivity index (χ0) is 20.4. The van der Waals surface area contributed by atoms with Crippen molar-refractivity contribution in [2.24, 2.45) is 5.73 Å². The van der Waals surface area contributed by atoms with Crippen LogP contribution >= 0.6 is 11.3 Å². The lowest BCUT2D eigenvalue weighted by atomic mass is 9.84. The van der Waals surface area contributed by atoms with Gasteiger partial charge in [0.25, 0.3) is 11.5 Å². The van der Waals surface area contributed by atoms with Gasteiger partial charge in [-0.15, -0.1) is 11.3 Å². The number of carbonyl (C=O) groups is 2. The summed E-state index contributed by atoms with van der Waals surface area (Å²) in [5.41, 5.74) is 6.41. The lowest BCUT2D eigenvalue weighted by Gasteiger charge is -2.24. The van der Waals surface area contributed by atoms with Gasteiger partial charge in [-0.05, 0) is 17.7 Å². The highest BCUT2D eigenvalue weighted by Gasteiger charge is 2.35. The Morgan fingerprint density at radius 1 is 1.41 bits per heavy atom. The summed E-state index contributed by atoms with van der Waals surface area (Å²) in [5, 5.41) is 12.3. The molecule has 1 aliphatic rings. The molecule has 3 N–H and O–H groups in total. The molecule has 9 nitrogen and oxygen atoms in total. The number of ether oxygens (including phenoxy) is 1. The summed E-state index contributed by atoms with van der Waals surface area (Å²) < 4.78 is 5.94. The Hall–Kier alpha value is -3.71. The van der Waals surface area contributed by atoms with E-state index < -0.39 is 23.4 Å². The van der Waals surface area contributed by atoms with Crippen LogP contribution in [0.2, 0.25) is 0 Å². The highest BCUT2D eigenvalue weighted by atomic mass is 32.1. The number of carbonyl (C=O) groups excluding carboxylic acids is 2. The van der Waals surface area contributed by atoms with Gasteiger partial charge in [-0.3, -0.25) is 19.1 Å². The van der Waals surface area contributed by atoms with Crippen molar-refractivity contribution in [1.82, 2.24) is 14.9 Å². The molecule has 1 aliphatic heterocycles. The summed E-state index contributed by atoms with van der Waals surface area (Å²) >= 11 is 0.929. The van der Waals surface area contributed by atoms with Crippen LogP contribution in [0.4, 0.5) is 0 Å². The monoisotopic (exact) mass is 413 g/mol. The van der Waals surface area contributed by atoms with Crippen molar-refractivity contribution < 1.29 is 14.3 Å². The van der Waals surface area contributed by atoms with Crippen LogP contribution in [0.25, 0.3) is 17.5 Å². The highest BCUT2D eigenvalue weighted by Crippen LogP contribution is 2.35. The maximum atomic E-state index is 12.8. The number of nitrogens with two attached hydrogens (primary N) is 1. The van der Waals surface area contributed by atoms with Crippen LogP contribution in [-0.4, -0.2) is 35.6 Å². The summed E-state index contributed by atoms with van der Waals surface area (Å²) in [7, 11) is 2.64. The molecule has 1 atom stereocenters. The van der Waals surface area contributed by atoms with E-state index in [4.69, 9.17) is 5.73 Å². The number of esters is 1. The predicted molar refractivity (Wildman–Crippen MR) is 109 cm³/mol. The molecule has 0 fully saturated rings. The predicted octanol–water partition coefficient (Wildman–Crippen LogP) is -0.761. The van der Waals surface area contributed by atoms with Crippen LogP contribution in [0, 0.1) is 11.3 Å². The Balaban J connectivity index is 0.00000300. The molecule has 0 bridgehead atoms. The van der Waals surface area contributed by atoms with Crippen molar-refractivity contribution in [3.8, 4) is 6.07 Å².